The minimum Gasteiger partial charge on any atom is -0.477 e. The fourth-order valence-electron chi connectivity index (χ4n) is 3.21. The Morgan fingerprint density at radius 1 is 1.44 bits per heavy atom. The highest BCUT2D eigenvalue weighted by Crippen LogP contribution is 2.29. The van der Waals surface area contributed by atoms with Crippen LogP contribution in [-0.4, -0.2) is 47.5 Å². The number of ether oxygens (including phenoxy) is 1. The van der Waals surface area contributed by atoms with Crippen LogP contribution in [0.4, 0.5) is 5.69 Å². The Labute approximate surface area is 148 Å². The van der Waals surface area contributed by atoms with Crippen molar-refractivity contribution in [2.45, 2.75) is 26.2 Å². The summed E-state index contributed by atoms with van der Waals surface area (Å²) < 4.78 is 5.50. The Bertz CT molecular complexity index is 763. The molecule has 0 aliphatic carbocycles. The van der Waals surface area contributed by atoms with Gasteiger partial charge in [-0.05, 0) is 44.5 Å². The number of aromatic nitrogens is 2. The first kappa shape index (κ1) is 17.2. The molecule has 2 aromatic rings. The van der Waals surface area contributed by atoms with Crippen LogP contribution < -0.4 is 10.1 Å². The number of aryl methyl sites for hydroxylation is 1. The van der Waals surface area contributed by atoms with E-state index in [1.807, 2.05) is 31.9 Å². The van der Waals surface area contributed by atoms with Gasteiger partial charge < -0.3 is 15.0 Å². The van der Waals surface area contributed by atoms with Crippen LogP contribution in [0.5, 0.6) is 5.88 Å². The zero-order valence-corrected chi connectivity index (χ0v) is 15.0. The van der Waals surface area contributed by atoms with Gasteiger partial charge in [0.25, 0.3) is 5.91 Å². The number of pyridine rings is 2. The van der Waals surface area contributed by atoms with Gasteiger partial charge in [0.2, 0.25) is 5.88 Å². The van der Waals surface area contributed by atoms with Gasteiger partial charge in [-0.25, -0.2) is 4.98 Å². The molecule has 1 amide bonds. The zero-order chi connectivity index (χ0) is 17.8. The molecule has 0 saturated carbocycles. The van der Waals surface area contributed by atoms with Crippen LogP contribution in [0.3, 0.4) is 0 Å². The summed E-state index contributed by atoms with van der Waals surface area (Å²) in [4.78, 5) is 23.6. The Hall–Kier alpha value is -2.63. The van der Waals surface area contributed by atoms with Crippen LogP contribution in [0.1, 0.15) is 41.0 Å². The minimum atomic E-state index is -0.0273. The van der Waals surface area contributed by atoms with Gasteiger partial charge in [0.05, 0.1) is 6.61 Å². The lowest BCUT2D eigenvalue weighted by atomic mass is 10.0. The fraction of sp³-hybridized carbons (Fsp3) is 0.421. The highest BCUT2D eigenvalue weighted by molar-refractivity contribution is 5.96. The minimum absolute atomic E-state index is 0.0273. The molecule has 1 aliphatic rings. The summed E-state index contributed by atoms with van der Waals surface area (Å²) in [5.74, 6) is 0.633. The van der Waals surface area contributed by atoms with Crippen LogP contribution in [0.25, 0.3) is 0 Å². The lowest BCUT2D eigenvalue weighted by molar-refractivity contribution is 0.0785. The summed E-state index contributed by atoms with van der Waals surface area (Å²) in [5.41, 5.74) is 3.60. The van der Waals surface area contributed by atoms with E-state index in [4.69, 9.17) is 4.74 Å². The number of carbonyl (C=O) groups excluding carboxylic acids is 1. The molecule has 0 bridgehead atoms. The van der Waals surface area contributed by atoms with Gasteiger partial charge in [-0.2, -0.15) is 0 Å². The predicted molar refractivity (Wildman–Crippen MR) is 97.2 cm³/mol. The number of likely N-dealkylation sites (tertiary alicyclic amines) is 1. The van der Waals surface area contributed by atoms with Gasteiger partial charge in [0, 0.05) is 49.3 Å². The third kappa shape index (κ3) is 3.73. The SMILES string of the molecule is CCOc1ncccc1C(=O)N1CC[C@H](c2cc(NC)cc(C)n2)C1. The lowest BCUT2D eigenvalue weighted by Crippen LogP contribution is -2.29. The van der Waals surface area contributed by atoms with E-state index in [-0.39, 0.29) is 11.8 Å². The molecule has 6 nitrogen and oxygen atoms in total. The second-order valence-corrected chi connectivity index (χ2v) is 6.20. The molecule has 1 fully saturated rings. The average Bonchev–Trinajstić information content (AvgIpc) is 3.11. The molecular weight excluding hydrogens is 316 g/mol. The van der Waals surface area contributed by atoms with Crippen LogP contribution in [0.15, 0.2) is 30.5 Å². The number of carbonyl (C=O) groups is 1. The molecule has 1 N–H and O–H groups in total. The average molecular weight is 340 g/mol. The molecule has 0 unspecified atom stereocenters. The summed E-state index contributed by atoms with van der Waals surface area (Å²) in [6, 6.07) is 7.63. The number of rotatable bonds is 5. The van der Waals surface area contributed by atoms with Crippen molar-refractivity contribution >= 4 is 11.6 Å². The van der Waals surface area contributed by atoms with Crippen LogP contribution in [0.2, 0.25) is 0 Å². The molecule has 3 rings (SSSR count). The maximum absolute atomic E-state index is 12.9. The first-order valence-electron chi connectivity index (χ1n) is 8.65. The Kier molecular flexibility index (Phi) is 5.16. The normalized spacial score (nSPS) is 16.8. The Morgan fingerprint density at radius 2 is 2.28 bits per heavy atom. The number of hydrogen-bond acceptors (Lipinski definition) is 5. The number of anilines is 1. The molecular formula is C19H24N4O2. The summed E-state index contributed by atoms with van der Waals surface area (Å²) >= 11 is 0. The first-order chi connectivity index (χ1) is 12.1. The van der Waals surface area contributed by atoms with E-state index in [1.54, 1.807) is 18.3 Å². The largest absolute Gasteiger partial charge is 0.477 e. The van der Waals surface area contributed by atoms with E-state index in [0.29, 0.717) is 31.1 Å². The monoisotopic (exact) mass is 340 g/mol. The van der Waals surface area contributed by atoms with Crippen molar-refractivity contribution in [3.63, 3.8) is 0 Å². The molecule has 1 aliphatic heterocycles. The lowest BCUT2D eigenvalue weighted by Gasteiger charge is -2.18. The predicted octanol–water partition coefficient (Wildman–Crippen LogP) is 2.86. The quantitative estimate of drug-likeness (QED) is 0.906. The van der Waals surface area contributed by atoms with E-state index >= 15 is 0 Å². The van der Waals surface area contributed by atoms with Crippen molar-refractivity contribution in [3.8, 4) is 5.88 Å². The number of nitrogens with one attached hydrogen (secondary N) is 1. The van der Waals surface area contributed by atoms with E-state index in [2.05, 4.69) is 21.4 Å². The highest BCUT2D eigenvalue weighted by Gasteiger charge is 2.30. The molecule has 0 radical (unpaired) electrons. The van der Waals surface area contributed by atoms with Crippen molar-refractivity contribution in [2.75, 3.05) is 32.1 Å². The first-order valence-corrected chi connectivity index (χ1v) is 8.65. The molecule has 3 heterocycles. The standard InChI is InChI=1S/C19H24N4O2/c1-4-25-18-16(6-5-8-21-18)19(24)23-9-7-14(12-23)17-11-15(20-3)10-13(2)22-17/h5-6,8,10-11,14H,4,7,9,12H2,1-3H3,(H,20,22)/t14-/m0/s1. The summed E-state index contributed by atoms with van der Waals surface area (Å²) in [6.07, 6.45) is 2.56. The maximum atomic E-state index is 12.9. The van der Waals surface area contributed by atoms with Crippen LogP contribution >= 0.6 is 0 Å². The van der Waals surface area contributed by atoms with E-state index in [0.717, 1.165) is 23.5 Å². The number of nitrogens with zero attached hydrogens (tertiary/aromatic N) is 3. The van der Waals surface area contributed by atoms with E-state index in [9.17, 15) is 4.79 Å². The van der Waals surface area contributed by atoms with Crippen LogP contribution in [0, 0.1) is 6.92 Å². The highest BCUT2D eigenvalue weighted by atomic mass is 16.5. The molecule has 25 heavy (non-hydrogen) atoms. The smallest absolute Gasteiger partial charge is 0.259 e. The van der Waals surface area contributed by atoms with Gasteiger partial charge in [-0.3, -0.25) is 9.78 Å². The van der Waals surface area contributed by atoms with Gasteiger partial charge in [-0.1, -0.05) is 0 Å². The van der Waals surface area contributed by atoms with Gasteiger partial charge >= 0.3 is 0 Å². The van der Waals surface area contributed by atoms with Gasteiger partial charge in [0.1, 0.15) is 5.56 Å². The Morgan fingerprint density at radius 3 is 3.04 bits per heavy atom. The van der Waals surface area contributed by atoms with Crippen LogP contribution in [-0.2, 0) is 0 Å². The third-order valence-electron chi connectivity index (χ3n) is 4.44. The van der Waals surface area contributed by atoms with E-state index in [1.165, 1.54) is 0 Å². The summed E-state index contributed by atoms with van der Waals surface area (Å²) in [6.45, 7) is 5.75. The van der Waals surface area contributed by atoms with Crippen molar-refractivity contribution < 1.29 is 9.53 Å². The molecule has 2 aromatic heterocycles. The molecule has 0 spiro atoms. The molecule has 0 aromatic carbocycles. The maximum Gasteiger partial charge on any atom is 0.259 e. The zero-order valence-electron chi connectivity index (χ0n) is 15.0. The van der Waals surface area contributed by atoms with Gasteiger partial charge in [-0.15, -0.1) is 0 Å². The van der Waals surface area contributed by atoms with E-state index < -0.39 is 0 Å². The molecule has 1 saturated heterocycles. The Balaban J connectivity index is 1.77. The van der Waals surface area contributed by atoms with Crippen molar-refractivity contribution in [1.29, 1.82) is 0 Å². The molecule has 1 atom stereocenters. The molecule has 132 valence electrons. The number of hydrogen-bond donors (Lipinski definition) is 1. The third-order valence-corrected chi connectivity index (χ3v) is 4.44. The second-order valence-electron chi connectivity index (χ2n) is 6.20. The van der Waals surface area contributed by atoms with Crippen molar-refractivity contribution in [1.82, 2.24) is 14.9 Å². The fourth-order valence-corrected chi connectivity index (χ4v) is 3.21. The van der Waals surface area contributed by atoms with Crippen molar-refractivity contribution in [2.24, 2.45) is 0 Å². The summed E-state index contributed by atoms with van der Waals surface area (Å²) in [5, 5.41) is 3.17. The molecule has 6 heteroatoms. The van der Waals surface area contributed by atoms with Crippen molar-refractivity contribution in [3.05, 3.63) is 47.4 Å². The second kappa shape index (κ2) is 7.51. The summed E-state index contributed by atoms with van der Waals surface area (Å²) in [7, 11) is 1.90. The number of amides is 1. The van der Waals surface area contributed by atoms with Gasteiger partial charge in [0.15, 0.2) is 0 Å². The topological polar surface area (TPSA) is 67.3 Å².